The molecule has 1 unspecified atom stereocenters. The van der Waals surface area contributed by atoms with Crippen LogP contribution in [0.2, 0.25) is 10.0 Å². The van der Waals surface area contributed by atoms with Crippen LogP contribution >= 0.6 is 23.2 Å². The molecule has 3 fully saturated rings. The molecule has 14 heteroatoms. The Bertz CT molecular complexity index is 1900. The maximum Gasteiger partial charge on any atom is 0.415 e. The van der Waals surface area contributed by atoms with Crippen molar-refractivity contribution < 1.29 is 42.0 Å². The van der Waals surface area contributed by atoms with E-state index in [1.54, 1.807) is 24.3 Å². The maximum absolute atomic E-state index is 15.7. The number of aromatic nitrogens is 1. The van der Waals surface area contributed by atoms with Crippen molar-refractivity contribution in [1.82, 2.24) is 4.90 Å². The van der Waals surface area contributed by atoms with Crippen LogP contribution in [-0.2, 0) is 22.4 Å². The number of hydrogen-bond acceptors (Lipinski definition) is 8. The molecule has 268 valence electrons. The average molecular weight is 743 g/mol. The molecule has 0 aliphatic carbocycles. The molecule has 3 saturated heterocycles. The summed E-state index contributed by atoms with van der Waals surface area (Å²) in [5, 5.41) is 11.9. The quantitative estimate of drug-likeness (QED) is 0.0897. The van der Waals surface area contributed by atoms with Crippen LogP contribution in [0.1, 0.15) is 46.0 Å². The van der Waals surface area contributed by atoms with Gasteiger partial charge in [-0.1, -0.05) is 47.5 Å². The molecule has 4 heterocycles. The van der Waals surface area contributed by atoms with Gasteiger partial charge in [-0.05, 0) is 79.4 Å². The molecule has 2 bridgehead atoms. The van der Waals surface area contributed by atoms with Crippen LogP contribution in [0.15, 0.2) is 73.1 Å². The Balaban J connectivity index is 1.25. The predicted molar refractivity (Wildman–Crippen MR) is 185 cm³/mol. The number of carbonyl (C=O) groups is 2. The molecule has 51 heavy (non-hydrogen) atoms. The number of esters is 1. The number of anilines is 1. The molecule has 0 spiro atoms. The van der Waals surface area contributed by atoms with Gasteiger partial charge in [-0.25, -0.2) is 18.4 Å². The van der Waals surface area contributed by atoms with Crippen molar-refractivity contribution in [2.75, 3.05) is 38.8 Å². The number of rotatable bonds is 11. The first kappa shape index (κ1) is 36.2. The molecule has 3 aliphatic rings. The Morgan fingerprint density at radius 2 is 1.67 bits per heavy atom. The van der Waals surface area contributed by atoms with Crippen LogP contribution < -0.4 is 19.1 Å². The number of halogens is 4. The Morgan fingerprint density at radius 1 is 0.961 bits per heavy atom. The van der Waals surface area contributed by atoms with Gasteiger partial charge in [-0.15, -0.1) is 0 Å². The number of ether oxygens (including phenoxy) is 4. The molecule has 3 aliphatic heterocycles. The van der Waals surface area contributed by atoms with Gasteiger partial charge in [0.25, 0.3) is 0 Å². The highest BCUT2D eigenvalue weighted by Crippen LogP contribution is 2.36. The van der Waals surface area contributed by atoms with E-state index in [0.29, 0.717) is 33.9 Å². The van der Waals surface area contributed by atoms with Gasteiger partial charge in [0.05, 0.1) is 32.0 Å². The molecule has 1 aromatic heterocycles. The Hall–Kier alpha value is -4.65. The van der Waals surface area contributed by atoms with Gasteiger partial charge in [0.1, 0.15) is 33.9 Å². The van der Waals surface area contributed by atoms with Gasteiger partial charge in [-0.3, -0.25) is 9.80 Å². The predicted octanol–water partition coefficient (Wildman–Crippen LogP) is 7.30. The number of piperidine rings is 3. The normalized spacial score (nSPS) is 18.5. The molecule has 10 nitrogen and oxygen atoms in total. The lowest BCUT2D eigenvalue weighted by Gasteiger charge is -2.44. The second kappa shape index (κ2) is 15.7. The first-order chi connectivity index (χ1) is 24.5. The second-order valence-corrected chi connectivity index (χ2v) is 13.2. The summed E-state index contributed by atoms with van der Waals surface area (Å²) in [7, 11) is 2.92. The summed E-state index contributed by atoms with van der Waals surface area (Å²) in [4.78, 5) is 30.5. The van der Waals surface area contributed by atoms with E-state index >= 15 is 8.78 Å². The highest BCUT2D eigenvalue weighted by Gasteiger charge is 2.38. The molecule has 2 atom stereocenters. The topological polar surface area (TPSA) is 104 Å². The zero-order valence-corrected chi connectivity index (χ0v) is 29.3. The standard InChI is InChI=1S/C37H35Cl2F2N3O7/c1-48-32-10-8-24(16-34(32)49-2)33(17-26-27(38)19-43(47)20-28(26)39)50-36(45)25-9-7-22(15-30(25)41)18-44(31-6-4-3-5-29(31)40)37(46)51-35-21-42-13-11-23(35)12-14-42/h3-10,15-16,19-20,23,33,35H,11-14,17-18,21H2,1-2H3/t33?,35-/m0/s1. The van der Waals surface area contributed by atoms with E-state index in [9.17, 15) is 14.8 Å². The van der Waals surface area contributed by atoms with E-state index in [4.69, 9.17) is 42.1 Å². The Morgan fingerprint density at radius 3 is 2.29 bits per heavy atom. The van der Waals surface area contributed by atoms with E-state index in [2.05, 4.69) is 4.90 Å². The van der Waals surface area contributed by atoms with E-state index in [1.165, 1.54) is 44.6 Å². The summed E-state index contributed by atoms with van der Waals surface area (Å²) < 4.78 is 53.7. The number of methoxy groups -OCH3 is 2. The minimum absolute atomic E-state index is 0.0221. The number of amides is 1. The van der Waals surface area contributed by atoms with Gasteiger partial charge in [0, 0.05) is 18.5 Å². The number of para-hydroxylation sites is 1. The fourth-order valence-electron chi connectivity index (χ4n) is 6.55. The third-order valence-corrected chi connectivity index (χ3v) is 9.93. The molecule has 4 aromatic rings. The number of carbonyl (C=O) groups excluding carboxylic acids is 2. The fourth-order valence-corrected chi connectivity index (χ4v) is 7.14. The lowest BCUT2D eigenvalue weighted by Crippen LogP contribution is -2.53. The third-order valence-electron chi connectivity index (χ3n) is 9.28. The highest BCUT2D eigenvalue weighted by molar-refractivity contribution is 6.35. The average Bonchev–Trinajstić information content (AvgIpc) is 3.12. The minimum Gasteiger partial charge on any atom is -0.619 e. The zero-order chi connectivity index (χ0) is 36.2. The highest BCUT2D eigenvalue weighted by atomic mass is 35.5. The first-order valence-electron chi connectivity index (χ1n) is 16.3. The second-order valence-electron chi connectivity index (χ2n) is 12.4. The van der Waals surface area contributed by atoms with Crippen molar-refractivity contribution in [3.05, 3.63) is 122 Å². The molecule has 0 N–H and O–H groups in total. The number of hydrogen-bond donors (Lipinski definition) is 0. The van der Waals surface area contributed by atoms with Crippen LogP contribution in [0.3, 0.4) is 0 Å². The van der Waals surface area contributed by atoms with Gasteiger partial charge in [-0.2, -0.15) is 4.73 Å². The molecular formula is C37H35Cl2F2N3O7. The van der Waals surface area contributed by atoms with Gasteiger partial charge in [0.15, 0.2) is 23.9 Å². The Kier molecular flexibility index (Phi) is 11.1. The van der Waals surface area contributed by atoms with E-state index in [0.717, 1.165) is 49.3 Å². The van der Waals surface area contributed by atoms with Crippen molar-refractivity contribution in [3.63, 3.8) is 0 Å². The Labute approximate surface area is 303 Å². The van der Waals surface area contributed by atoms with Gasteiger partial charge < -0.3 is 24.2 Å². The first-order valence-corrected chi connectivity index (χ1v) is 17.0. The smallest absolute Gasteiger partial charge is 0.415 e. The summed E-state index contributed by atoms with van der Waals surface area (Å²) in [6.45, 7) is 2.28. The number of nitrogens with zero attached hydrogens (tertiary/aromatic N) is 3. The summed E-state index contributed by atoms with van der Waals surface area (Å²) in [6, 6.07) is 14.4. The van der Waals surface area contributed by atoms with Crippen LogP contribution in [-0.4, -0.2) is 56.9 Å². The minimum atomic E-state index is -1.06. The molecule has 7 rings (SSSR count). The summed E-state index contributed by atoms with van der Waals surface area (Å²) in [6.07, 6.45) is 1.85. The summed E-state index contributed by atoms with van der Waals surface area (Å²) in [5.41, 5.74) is 0.645. The lowest BCUT2D eigenvalue weighted by atomic mass is 9.86. The van der Waals surface area contributed by atoms with Crippen molar-refractivity contribution >= 4 is 41.0 Å². The molecule has 0 radical (unpaired) electrons. The van der Waals surface area contributed by atoms with Crippen molar-refractivity contribution in [2.45, 2.75) is 38.0 Å². The monoisotopic (exact) mass is 741 g/mol. The summed E-state index contributed by atoms with van der Waals surface area (Å²) >= 11 is 12.7. The van der Waals surface area contributed by atoms with Crippen molar-refractivity contribution in [1.29, 1.82) is 0 Å². The summed E-state index contributed by atoms with van der Waals surface area (Å²) in [5.74, 6) is -1.58. The third kappa shape index (κ3) is 8.14. The maximum atomic E-state index is 15.7. The lowest BCUT2D eigenvalue weighted by molar-refractivity contribution is -0.605. The van der Waals surface area contributed by atoms with Crippen molar-refractivity contribution in [3.8, 4) is 11.5 Å². The molecule has 0 saturated carbocycles. The van der Waals surface area contributed by atoms with Gasteiger partial charge >= 0.3 is 12.1 Å². The van der Waals surface area contributed by atoms with E-state index < -0.39 is 29.8 Å². The fraction of sp³-hybridized carbons (Fsp3) is 0.324. The van der Waals surface area contributed by atoms with Crippen LogP contribution in [0, 0.1) is 22.8 Å². The van der Waals surface area contributed by atoms with Crippen LogP contribution in [0.5, 0.6) is 11.5 Å². The number of fused-ring (bicyclic) bond motifs is 3. The number of pyridine rings is 1. The van der Waals surface area contributed by atoms with Crippen molar-refractivity contribution in [2.24, 2.45) is 5.92 Å². The van der Waals surface area contributed by atoms with E-state index in [-0.39, 0.29) is 51.8 Å². The molecule has 1 amide bonds. The zero-order valence-electron chi connectivity index (χ0n) is 27.8. The molecule has 3 aromatic carbocycles. The van der Waals surface area contributed by atoms with Crippen LogP contribution in [0.25, 0.3) is 0 Å². The van der Waals surface area contributed by atoms with E-state index in [1.807, 2.05) is 0 Å². The largest absolute Gasteiger partial charge is 0.619 e. The van der Waals surface area contributed by atoms with Gasteiger partial charge in [0.2, 0.25) is 0 Å². The SMILES string of the molecule is COc1ccc(C(Cc2c(Cl)c[n+]([O-])cc2Cl)OC(=O)c2ccc(CN(C(=O)O[C@H]3CN4CCC3CC4)c3ccccc3F)cc2F)cc1OC. The van der Waals surface area contributed by atoms with Crippen LogP contribution in [0.4, 0.5) is 19.3 Å². The number of benzene rings is 3. The molecular weight excluding hydrogens is 707 g/mol.